The molecular formula is C16H25N3O. The van der Waals surface area contributed by atoms with Crippen LogP contribution >= 0.6 is 0 Å². The van der Waals surface area contributed by atoms with Gasteiger partial charge < -0.3 is 15.5 Å². The minimum atomic E-state index is 0.0515. The summed E-state index contributed by atoms with van der Waals surface area (Å²) >= 11 is 0. The molecule has 0 spiro atoms. The monoisotopic (exact) mass is 275 g/mol. The zero-order chi connectivity index (χ0) is 14.4. The van der Waals surface area contributed by atoms with Crippen molar-refractivity contribution in [3.05, 3.63) is 35.9 Å². The maximum absolute atomic E-state index is 12.2. The first kappa shape index (κ1) is 14.9. The summed E-state index contributed by atoms with van der Waals surface area (Å²) in [7, 11) is 0. The van der Waals surface area contributed by atoms with Crippen molar-refractivity contribution in [1.29, 1.82) is 0 Å². The van der Waals surface area contributed by atoms with Crippen molar-refractivity contribution in [3.63, 3.8) is 0 Å². The molecule has 4 nitrogen and oxygen atoms in total. The summed E-state index contributed by atoms with van der Waals surface area (Å²) in [5, 5.41) is 6.50. The van der Waals surface area contributed by atoms with Crippen LogP contribution in [0.4, 0.5) is 4.79 Å². The van der Waals surface area contributed by atoms with Crippen molar-refractivity contribution in [2.45, 2.75) is 32.9 Å². The van der Waals surface area contributed by atoms with Gasteiger partial charge in [0.2, 0.25) is 0 Å². The first-order valence-electron chi connectivity index (χ1n) is 7.50. The number of carbonyl (C=O) groups is 1. The summed E-state index contributed by atoms with van der Waals surface area (Å²) in [6.45, 7) is 7.60. The minimum Gasteiger partial charge on any atom is -0.334 e. The molecular weight excluding hydrogens is 250 g/mol. The molecule has 4 heteroatoms. The fourth-order valence-electron chi connectivity index (χ4n) is 2.78. The Morgan fingerprint density at radius 2 is 2.10 bits per heavy atom. The highest BCUT2D eigenvalue weighted by atomic mass is 16.2. The molecule has 1 aliphatic heterocycles. The molecule has 1 aromatic carbocycles. The summed E-state index contributed by atoms with van der Waals surface area (Å²) in [6.07, 6.45) is 1.04. The highest BCUT2D eigenvalue weighted by Gasteiger charge is 2.27. The largest absolute Gasteiger partial charge is 0.334 e. The number of benzene rings is 1. The second-order valence-corrected chi connectivity index (χ2v) is 5.52. The highest BCUT2D eigenvalue weighted by molar-refractivity contribution is 5.74. The molecule has 2 unspecified atom stereocenters. The summed E-state index contributed by atoms with van der Waals surface area (Å²) < 4.78 is 0. The molecule has 0 aromatic heterocycles. The molecule has 1 aliphatic rings. The number of nitrogens with one attached hydrogen (secondary N) is 2. The van der Waals surface area contributed by atoms with Crippen LogP contribution in [0, 0.1) is 5.92 Å². The molecule has 0 radical (unpaired) electrons. The quantitative estimate of drug-likeness (QED) is 0.885. The Labute approximate surface area is 121 Å². The minimum absolute atomic E-state index is 0.0515. The lowest BCUT2D eigenvalue weighted by molar-refractivity contribution is 0.150. The number of hydrogen-bond donors (Lipinski definition) is 2. The van der Waals surface area contributed by atoms with Crippen LogP contribution in [0.1, 0.15) is 25.8 Å². The lowest BCUT2D eigenvalue weighted by atomic mass is 9.94. The zero-order valence-electron chi connectivity index (χ0n) is 12.4. The van der Waals surface area contributed by atoms with Gasteiger partial charge >= 0.3 is 6.03 Å². The Hall–Kier alpha value is -1.55. The number of piperidine rings is 1. The number of urea groups is 1. The van der Waals surface area contributed by atoms with Crippen LogP contribution in [0.3, 0.4) is 0 Å². The summed E-state index contributed by atoms with van der Waals surface area (Å²) in [5.41, 5.74) is 1.14. The second-order valence-electron chi connectivity index (χ2n) is 5.52. The Balaban J connectivity index is 1.79. The fraction of sp³-hybridized carbons (Fsp3) is 0.562. The maximum atomic E-state index is 12.2. The van der Waals surface area contributed by atoms with Gasteiger partial charge in [0.25, 0.3) is 0 Å². The zero-order valence-corrected chi connectivity index (χ0v) is 12.4. The number of hydrogen-bond acceptors (Lipinski definition) is 2. The molecule has 0 bridgehead atoms. The summed E-state index contributed by atoms with van der Waals surface area (Å²) in [4.78, 5) is 14.1. The second kappa shape index (κ2) is 7.29. The van der Waals surface area contributed by atoms with Gasteiger partial charge in [0, 0.05) is 25.7 Å². The lowest BCUT2D eigenvalue weighted by Gasteiger charge is -2.37. The normalized spacial score (nSPS) is 22.6. The van der Waals surface area contributed by atoms with E-state index in [-0.39, 0.29) is 6.03 Å². The van der Waals surface area contributed by atoms with Gasteiger partial charge in [-0.2, -0.15) is 0 Å². The van der Waals surface area contributed by atoms with Crippen molar-refractivity contribution in [2.75, 3.05) is 19.6 Å². The van der Waals surface area contributed by atoms with Gasteiger partial charge in [-0.3, -0.25) is 0 Å². The van der Waals surface area contributed by atoms with E-state index in [4.69, 9.17) is 0 Å². The van der Waals surface area contributed by atoms with Gasteiger partial charge in [-0.05, 0) is 24.4 Å². The van der Waals surface area contributed by atoms with E-state index < -0.39 is 0 Å². The van der Waals surface area contributed by atoms with Gasteiger partial charge in [0.15, 0.2) is 0 Å². The van der Waals surface area contributed by atoms with Gasteiger partial charge in [-0.1, -0.05) is 44.2 Å². The number of amides is 2. The van der Waals surface area contributed by atoms with Crippen LogP contribution in [0.5, 0.6) is 0 Å². The lowest BCUT2D eigenvalue weighted by Crippen LogP contribution is -2.52. The van der Waals surface area contributed by atoms with Gasteiger partial charge in [-0.15, -0.1) is 0 Å². The average molecular weight is 275 g/mol. The third-order valence-corrected chi connectivity index (χ3v) is 3.95. The van der Waals surface area contributed by atoms with Gasteiger partial charge in [0.05, 0.1) is 0 Å². The first-order valence-corrected chi connectivity index (χ1v) is 7.50. The molecule has 2 N–H and O–H groups in total. The molecule has 1 aromatic rings. The molecule has 2 rings (SSSR count). The standard InChI is InChI=1S/C16H25N3O/c1-3-17-15-9-10-19(12-13(15)2)16(20)18-11-14-7-5-4-6-8-14/h4-8,13,15,17H,3,9-12H2,1-2H3,(H,18,20). The van der Waals surface area contributed by atoms with Gasteiger partial charge in [-0.25, -0.2) is 4.79 Å². The molecule has 0 aliphatic carbocycles. The summed E-state index contributed by atoms with van der Waals surface area (Å²) in [5.74, 6) is 0.506. The first-order chi connectivity index (χ1) is 9.70. The number of likely N-dealkylation sites (tertiary alicyclic amines) is 1. The van der Waals surface area contributed by atoms with Crippen LogP contribution in [0.15, 0.2) is 30.3 Å². The third-order valence-electron chi connectivity index (χ3n) is 3.95. The van der Waals surface area contributed by atoms with Gasteiger partial charge in [0.1, 0.15) is 0 Å². The smallest absolute Gasteiger partial charge is 0.317 e. The molecule has 2 atom stereocenters. The average Bonchev–Trinajstić information content (AvgIpc) is 2.48. The Kier molecular flexibility index (Phi) is 5.41. The number of carbonyl (C=O) groups excluding carboxylic acids is 1. The topological polar surface area (TPSA) is 44.4 Å². The molecule has 1 heterocycles. The van der Waals surface area contributed by atoms with Crippen molar-refractivity contribution in [3.8, 4) is 0 Å². The fourth-order valence-corrected chi connectivity index (χ4v) is 2.78. The number of nitrogens with zero attached hydrogens (tertiary/aromatic N) is 1. The van der Waals surface area contributed by atoms with Crippen molar-refractivity contribution < 1.29 is 4.79 Å². The van der Waals surface area contributed by atoms with Crippen molar-refractivity contribution in [1.82, 2.24) is 15.5 Å². The van der Waals surface area contributed by atoms with Crippen LogP contribution in [0.2, 0.25) is 0 Å². The van der Waals surface area contributed by atoms with E-state index in [0.717, 1.165) is 31.6 Å². The number of rotatable bonds is 4. The van der Waals surface area contributed by atoms with E-state index in [1.807, 2.05) is 35.2 Å². The van der Waals surface area contributed by atoms with Crippen LogP contribution < -0.4 is 10.6 Å². The highest BCUT2D eigenvalue weighted by Crippen LogP contribution is 2.16. The van der Waals surface area contributed by atoms with Crippen LogP contribution in [-0.4, -0.2) is 36.6 Å². The Bertz CT molecular complexity index is 421. The Morgan fingerprint density at radius 3 is 2.75 bits per heavy atom. The Morgan fingerprint density at radius 1 is 1.35 bits per heavy atom. The molecule has 1 saturated heterocycles. The van der Waals surface area contributed by atoms with E-state index in [1.54, 1.807) is 0 Å². The van der Waals surface area contributed by atoms with E-state index in [0.29, 0.717) is 18.5 Å². The van der Waals surface area contributed by atoms with Crippen molar-refractivity contribution in [2.24, 2.45) is 5.92 Å². The predicted octanol–water partition coefficient (Wildman–Crippen LogP) is 2.22. The maximum Gasteiger partial charge on any atom is 0.317 e. The van der Waals surface area contributed by atoms with E-state index in [9.17, 15) is 4.79 Å². The van der Waals surface area contributed by atoms with E-state index in [2.05, 4.69) is 24.5 Å². The van der Waals surface area contributed by atoms with E-state index in [1.165, 1.54) is 0 Å². The van der Waals surface area contributed by atoms with E-state index >= 15 is 0 Å². The predicted molar refractivity (Wildman–Crippen MR) is 81.5 cm³/mol. The molecule has 0 saturated carbocycles. The molecule has 110 valence electrons. The third kappa shape index (κ3) is 3.97. The van der Waals surface area contributed by atoms with Crippen LogP contribution in [0.25, 0.3) is 0 Å². The SMILES string of the molecule is CCNC1CCN(C(=O)NCc2ccccc2)CC1C. The molecule has 20 heavy (non-hydrogen) atoms. The van der Waals surface area contributed by atoms with Crippen LogP contribution in [-0.2, 0) is 6.54 Å². The van der Waals surface area contributed by atoms with Crippen molar-refractivity contribution >= 4 is 6.03 Å². The molecule has 1 fully saturated rings. The summed E-state index contributed by atoms with van der Waals surface area (Å²) in [6, 6.07) is 10.6. The molecule has 2 amide bonds.